The predicted molar refractivity (Wildman–Crippen MR) is 74.5 cm³/mol. The molecule has 0 bridgehead atoms. The van der Waals surface area contributed by atoms with Crippen LogP contribution in [0.1, 0.15) is 64.5 Å². The lowest BCUT2D eigenvalue weighted by Gasteiger charge is -2.10. The number of aryl methyl sites for hydroxylation is 1. The first-order valence-electron chi connectivity index (χ1n) is 7.25. The van der Waals surface area contributed by atoms with Gasteiger partial charge < -0.3 is 0 Å². The van der Waals surface area contributed by atoms with E-state index in [0.717, 1.165) is 12.2 Å². The smallest absolute Gasteiger partial charge is 0.0928 e. The Morgan fingerprint density at radius 1 is 1.33 bits per heavy atom. The second-order valence-electron chi connectivity index (χ2n) is 5.64. The quantitative estimate of drug-likeness (QED) is 0.516. The van der Waals surface area contributed by atoms with Crippen LogP contribution in [0, 0.1) is 0 Å². The molecule has 0 aliphatic heterocycles. The number of nitrogens with zero attached hydrogens (tertiary/aromatic N) is 3. The Bertz CT molecular complexity index is 402. The molecular formula is C15H25N3. The predicted octanol–water partition coefficient (Wildman–Crippen LogP) is 3.86. The van der Waals surface area contributed by atoms with Crippen molar-refractivity contribution < 1.29 is 0 Å². The van der Waals surface area contributed by atoms with E-state index in [1.807, 2.05) is 4.68 Å². The summed E-state index contributed by atoms with van der Waals surface area (Å²) in [4.78, 5) is 0. The average Bonchev–Trinajstić information content (AvgIpc) is 3.04. The van der Waals surface area contributed by atoms with Crippen molar-refractivity contribution in [2.24, 2.45) is 0 Å². The number of rotatable bonds is 8. The van der Waals surface area contributed by atoms with Gasteiger partial charge in [-0.05, 0) is 26.2 Å². The summed E-state index contributed by atoms with van der Waals surface area (Å²) in [6, 6.07) is 0. The van der Waals surface area contributed by atoms with E-state index in [-0.39, 0.29) is 5.41 Å². The van der Waals surface area contributed by atoms with Crippen molar-refractivity contribution in [3.63, 3.8) is 0 Å². The number of aromatic nitrogens is 3. The largest absolute Gasteiger partial charge is 0.252 e. The molecule has 0 aromatic carbocycles. The van der Waals surface area contributed by atoms with Crippen LogP contribution in [0.15, 0.2) is 18.3 Å². The maximum absolute atomic E-state index is 4.34. The van der Waals surface area contributed by atoms with Gasteiger partial charge in [0.25, 0.3) is 0 Å². The fourth-order valence-electron chi connectivity index (χ4n) is 2.53. The third-order valence-electron chi connectivity index (χ3n) is 4.09. The van der Waals surface area contributed by atoms with Gasteiger partial charge in [-0.3, -0.25) is 4.68 Å². The molecule has 0 spiro atoms. The van der Waals surface area contributed by atoms with E-state index < -0.39 is 0 Å². The van der Waals surface area contributed by atoms with Crippen molar-refractivity contribution in [3.05, 3.63) is 24.0 Å². The summed E-state index contributed by atoms with van der Waals surface area (Å²) in [5.74, 6) is 0. The number of hydrogen-bond acceptors (Lipinski definition) is 2. The third kappa shape index (κ3) is 2.82. The van der Waals surface area contributed by atoms with Gasteiger partial charge in [0.2, 0.25) is 0 Å². The van der Waals surface area contributed by atoms with E-state index in [4.69, 9.17) is 0 Å². The molecule has 0 atom stereocenters. The Kier molecular flexibility index (Phi) is 4.20. The van der Waals surface area contributed by atoms with E-state index in [0.29, 0.717) is 0 Å². The molecule has 2 rings (SSSR count). The summed E-state index contributed by atoms with van der Waals surface area (Å²) in [6.07, 6.45) is 11.0. The molecule has 0 saturated heterocycles. The molecule has 1 aliphatic rings. The zero-order valence-corrected chi connectivity index (χ0v) is 11.8. The first-order valence-corrected chi connectivity index (χ1v) is 7.25. The lowest BCUT2D eigenvalue weighted by atomic mass is 9.95. The van der Waals surface area contributed by atoms with Gasteiger partial charge in [-0.25, -0.2) is 0 Å². The first-order chi connectivity index (χ1) is 8.69. The Balaban J connectivity index is 1.82. The van der Waals surface area contributed by atoms with Crippen LogP contribution < -0.4 is 0 Å². The molecule has 3 heteroatoms. The molecule has 0 unspecified atom stereocenters. The van der Waals surface area contributed by atoms with Gasteiger partial charge in [-0.15, -0.1) is 5.10 Å². The van der Waals surface area contributed by atoms with Gasteiger partial charge >= 0.3 is 0 Å². The molecule has 1 aromatic rings. The molecule has 3 nitrogen and oxygen atoms in total. The number of unbranched alkanes of at least 4 members (excludes halogenated alkanes) is 4. The second kappa shape index (κ2) is 5.68. The maximum Gasteiger partial charge on any atom is 0.0928 e. The van der Waals surface area contributed by atoms with Crippen molar-refractivity contribution in [2.75, 3.05) is 0 Å². The van der Waals surface area contributed by atoms with Crippen molar-refractivity contribution >= 4 is 0 Å². The highest BCUT2D eigenvalue weighted by atomic mass is 15.4. The summed E-state index contributed by atoms with van der Waals surface area (Å²) in [6.45, 7) is 9.45. The third-order valence-corrected chi connectivity index (χ3v) is 4.09. The molecular weight excluding hydrogens is 222 g/mol. The average molecular weight is 247 g/mol. The number of hydrogen-bond donors (Lipinski definition) is 0. The molecule has 1 aliphatic carbocycles. The van der Waals surface area contributed by atoms with Gasteiger partial charge in [0.1, 0.15) is 0 Å². The Morgan fingerprint density at radius 2 is 2.06 bits per heavy atom. The van der Waals surface area contributed by atoms with Gasteiger partial charge in [0, 0.05) is 18.2 Å². The lowest BCUT2D eigenvalue weighted by Crippen LogP contribution is -2.07. The standard InChI is InChI=1S/C15H25N3/c1-4-5-6-7-8-11-18-12-14(16-17-18)15(9-10-15)13(2)3/h12H,2,4-11H2,1,3H3. The normalized spacial score (nSPS) is 16.8. The first kappa shape index (κ1) is 13.3. The van der Waals surface area contributed by atoms with Gasteiger partial charge in [0.15, 0.2) is 0 Å². The van der Waals surface area contributed by atoms with Crippen LogP contribution in [0.4, 0.5) is 0 Å². The topological polar surface area (TPSA) is 30.7 Å². The highest BCUT2D eigenvalue weighted by Crippen LogP contribution is 2.52. The zero-order chi connectivity index (χ0) is 13.0. The van der Waals surface area contributed by atoms with Crippen LogP contribution in [0.5, 0.6) is 0 Å². The minimum atomic E-state index is 0.167. The van der Waals surface area contributed by atoms with Crippen LogP contribution in [0.3, 0.4) is 0 Å². The number of allylic oxidation sites excluding steroid dienone is 1. The lowest BCUT2D eigenvalue weighted by molar-refractivity contribution is 0.521. The summed E-state index contributed by atoms with van der Waals surface area (Å²) in [5.41, 5.74) is 2.53. The van der Waals surface area contributed by atoms with Crippen LogP contribution >= 0.6 is 0 Å². The second-order valence-corrected chi connectivity index (χ2v) is 5.64. The minimum absolute atomic E-state index is 0.167. The minimum Gasteiger partial charge on any atom is -0.252 e. The van der Waals surface area contributed by atoms with Gasteiger partial charge in [0.05, 0.1) is 5.69 Å². The Labute approximate surface area is 110 Å². The van der Waals surface area contributed by atoms with Crippen molar-refractivity contribution in [1.29, 1.82) is 0 Å². The molecule has 0 amide bonds. The monoisotopic (exact) mass is 247 g/mol. The molecule has 0 radical (unpaired) electrons. The van der Waals surface area contributed by atoms with E-state index in [9.17, 15) is 0 Å². The summed E-state index contributed by atoms with van der Waals surface area (Å²) < 4.78 is 2.00. The highest BCUT2D eigenvalue weighted by molar-refractivity contribution is 5.34. The zero-order valence-electron chi connectivity index (χ0n) is 11.8. The maximum atomic E-state index is 4.34. The Morgan fingerprint density at radius 3 is 2.67 bits per heavy atom. The molecule has 1 saturated carbocycles. The highest BCUT2D eigenvalue weighted by Gasteiger charge is 2.47. The van der Waals surface area contributed by atoms with Crippen LogP contribution in [-0.4, -0.2) is 15.0 Å². The fourth-order valence-corrected chi connectivity index (χ4v) is 2.53. The van der Waals surface area contributed by atoms with Gasteiger partial charge in [-0.1, -0.05) is 50.0 Å². The fraction of sp³-hybridized carbons (Fsp3) is 0.733. The van der Waals surface area contributed by atoms with Crippen LogP contribution in [0.2, 0.25) is 0 Å². The van der Waals surface area contributed by atoms with E-state index in [1.54, 1.807) is 0 Å². The summed E-state index contributed by atoms with van der Waals surface area (Å²) >= 11 is 0. The molecule has 18 heavy (non-hydrogen) atoms. The van der Waals surface area contributed by atoms with E-state index in [1.165, 1.54) is 50.5 Å². The van der Waals surface area contributed by atoms with Crippen molar-refractivity contribution in [3.8, 4) is 0 Å². The SMILES string of the molecule is C=C(C)C1(c2cn(CCCCCCC)nn2)CC1. The molecule has 0 N–H and O–H groups in total. The van der Waals surface area contributed by atoms with Crippen molar-refractivity contribution in [2.45, 2.75) is 70.8 Å². The van der Waals surface area contributed by atoms with E-state index in [2.05, 4.69) is 36.9 Å². The molecule has 1 aromatic heterocycles. The summed E-state index contributed by atoms with van der Waals surface area (Å²) in [5, 5.41) is 8.59. The van der Waals surface area contributed by atoms with Crippen molar-refractivity contribution in [1.82, 2.24) is 15.0 Å². The molecule has 1 heterocycles. The van der Waals surface area contributed by atoms with Gasteiger partial charge in [-0.2, -0.15) is 0 Å². The molecule has 1 fully saturated rings. The van der Waals surface area contributed by atoms with Crippen LogP contribution in [-0.2, 0) is 12.0 Å². The van der Waals surface area contributed by atoms with Crippen LogP contribution in [0.25, 0.3) is 0 Å². The molecule has 100 valence electrons. The van der Waals surface area contributed by atoms with E-state index >= 15 is 0 Å². The Hall–Kier alpha value is -1.12. The summed E-state index contributed by atoms with van der Waals surface area (Å²) in [7, 11) is 0.